The summed E-state index contributed by atoms with van der Waals surface area (Å²) in [5, 5.41) is 9.23. The first kappa shape index (κ1) is 14.1. The average Bonchev–Trinajstić information content (AvgIpc) is 2.47. The number of methoxy groups -OCH3 is 1. The van der Waals surface area contributed by atoms with Crippen molar-refractivity contribution in [3.8, 4) is 16.9 Å². The van der Waals surface area contributed by atoms with Gasteiger partial charge in [0.05, 0.1) is 12.5 Å². The van der Waals surface area contributed by atoms with Crippen LogP contribution in [0.1, 0.15) is 19.4 Å². The van der Waals surface area contributed by atoms with E-state index in [1.165, 1.54) is 0 Å². The van der Waals surface area contributed by atoms with E-state index < -0.39 is 11.4 Å². The van der Waals surface area contributed by atoms with Crippen LogP contribution in [0.2, 0.25) is 0 Å². The first-order chi connectivity index (χ1) is 9.45. The van der Waals surface area contributed by atoms with Gasteiger partial charge >= 0.3 is 5.97 Å². The Hall–Kier alpha value is -2.29. The third kappa shape index (κ3) is 2.67. The van der Waals surface area contributed by atoms with Crippen LogP contribution in [0.5, 0.6) is 5.75 Å². The number of rotatable bonds is 4. The van der Waals surface area contributed by atoms with Crippen LogP contribution in [0.4, 0.5) is 0 Å². The number of benzene rings is 2. The highest BCUT2D eigenvalue weighted by Crippen LogP contribution is 2.28. The summed E-state index contributed by atoms with van der Waals surface area (Å²) in [5.41, 5.74) is 1.99. The number of ether oxygens (including phenoxy) is 1. The van der Waals surface area contributed by atoms with E-state index in [9.17, 15) is 9.90 Å². The lowest BCUT2D eigenvalue weighted by atomic mass is 9.84. The lowest BCUT2D eigenvalue weighted by Gasteiger charge is -2.19. The smallest absolute Gasteiger partial charge is 0.313 e. The van der Waals surface area contributed by atoms with Gasteiger partial charge in [-0.1, -0.05) is 36.4 Å². The number of aliphatic carboxylic acids is 1. The van der Waals surface area contributed by atoms with Crippen molar-refractivity contribution in [1.82, 2.24) is 0 Å². The predicted molar refractivity (Wildman–Crippen MR) is 79.1 cm³/mol. The summed E-state index contributed by atoms with van der Waals surface area (Å²) < 4.78 is 5.21. The Bertz CT molecular complexity index is 612. The molecule has 0 unspecified atom stereocenters. The molecule has 3 heteroatoms. The van der Waals surface area contributed by atoms with Gasteiger partial charge in [0.2, 0.25) is 0 Å². The number of hydrogen-bond acceptors (Lipinski definition) is 2. The standard InChI is InChI=1S/C17H18O3/c1-17(2,16(18)19)14-9-7-12(8-10-14)13-5-4-6-15(11-13)20-3/h4-11H,1-3H3,(H,18,19). The molecule has 2 aromatic carbocycles. The zero-order valence-corrected chi connectivity index (χ0v) is 11.9. The SMILES string of the molecule is COc1cccc(-c2ccc(C(C)(C)C(=O)O)cc2)c1. The molecule has 0 aliphatic rings. The van der Waals surface area contributed by atoms with Gasteiger partial charge in [0.15, 0.2) is 0 Å². The lowest BCUT2D eigenvalue weighted by molar-refractivity contribution is -0.142. The van der Waals surface area contributed by atoms with Crippen molar-refractivity contribution in [1.29, 1.82) is 0 Å². The van der Waals surface area contributed by atoms with E-state index in [-0.39, 0.29) is 0 Å². The topological polar surface area (TPSA) is 46.5 Å². The fourth-order valence-electron chi connectivity index (χ4n) is 2.01. The van der Waals surface area contributed by atoms with Gasteiger partial charge in [0.1, 0.15) is 5.75 Å². The van der Waals surface area contributed by atoms with Crippen molar-refractivity contribution in [3.63, 3.8) is 0 Å². The molecule has 0 saturated carbocycles. The summed E-state index contributed by atoms with van der Waals surface area (Å²) in [4.78, 5) is 11.2. The van der Waals surface area contributed by atoms with Gasteiger partial charge in [-0.05, 0) is 42.7 Å². The molecule has 0 aliphatic carbocycles. The van der Waals surface area contributed by atoms with Crippen molar-refractivity contribution >= 4 is 5.97 Å². The van der Waals surface area contributed by atoms with E-state index >= 15 is 0 Å². The van der Waals surface area contributed by atoms with Crippen molar-refractivity contribution in [2.45, 2.75) is 19.3 Å². The zero-order valence-electron chi connectivity index (χ0n) is 11.9. The Labute approximate surface area is 118 Å². The fraction of sp³-hybridized carbons (Fsp3) is 0.235. The predicted octanol–water partition coefficient (Wildman–Crippen LogP) is 3.72. The molecule has 0 spiro atoms. The first-order valence-corrected chi connectivity index (χ1v) is 6.43. The molecule has 104 valence electrons. The van der Waals surface area contributed by atoms with Gasteiger partial charge in [-0.25, -0.2) is 0 Å². The summed E-state index contributed by atoms with van der Waals surface area (Å²) in [6.07, 6.45) is 0. The van der Waals surface area contributed by atoms with E-state index in [0.717, 1.165) is 22.4 Å². The van der Waals surface area contributed by atoms with Gasteiger partial charge in [0, 0.05) is 0 Å². The summed E-state index contributed by atoms with van der Waals surface area (Å²) in [6, 6.07) is 15.4. The molecule has 2 rings (SSSR count). The van der Waals surface area contributed by atoms with Crippen LogP contribution in [0.3, 0.4) is 0 Å². The van der Waals surface area contributed by atoms with Crippen molar-refractivity contribution in [2.75, 3.05) is 7.11 Å². The van der Waals surface area contributed by atoms with Crippen molar-refractivity contribution < 1.29 is 14.6 Å². The van der Waals surface area contributed by atoms with Crippen LogP contribution < -0.4 is 4.74 Å². The van der Waals surface area contributed by atoms with E-state index in [1.54, 1.807) is 21.0 Å². The largest absolute Gasteiger partial charge is 0.497 e. The molecule has 0 aromatic heterocycles. The molecule has 0 fully saturated rings. The highest BCUT2D eigenvalue weighted by molar-refractivity contribution is 5.80. The van der Waals surface area contributed by atoms with Crippen molar-refractivity contribution in [2.24, 2.45) is 0 Å². The maximum atomic E-state index is 11.2. The molecule has 0 atom stereocenters. The second-order valence-corrected chi connectivity index (χ2v) is 5.24. The van der Waals surface area contributed by atoms with Gasteiger partial charge in [-0.2, -0.15) is 0 Å². The Morgan fingerprint density at radius 2 is 1.70 bits per heavy atom. The highest BCUT2D eigenvalue weighted by Gasteiger charge is 2.29. The Balaban J connectivity index is 2.35. The molecule has 0 aliphatic heterocycles. The molecule has 0 radical (unpaired) electrons. The molecule has 0 saturated heterocycles. The van der Waals surface area contributed by atoms with Gasteiger partial charge < -0.3 is 9.84 Å². The minimum Gasteiger partial charge on any atom is -0.497 e. The normalized spacial score (nSPS) is 11.2. The second kappa shape index (κ2) is 5.37. The minimum atomic E-state index is -0.882. The summed E-state index contributed by atoms with van der Waals surface area (Å²) in [5.74, 6) is -0.0240. The monoisotopic (exact) mass is 270 g/mol. The van der Waals surface area contributed by atoms with E-state index in [2.05, 4.69) is 0 Å². The number of hydrogen-bond donors (Lipinski definition) is 1. The third-order valence-electron chi connectivity index (χ3n) is 3.54. The number of carboxylic acid groups (broad SMARTS) is 1. The van der Waals surface area contributed by atoms with Crippen LogP contribution in [0.25, 0.3) is 11.1 Å². The zero-order chi connectivity index (χ0) is 14.8. The summed E-state index contributed by atoms with van der Waals surface area (Å²) in [6.45, 7) is 3.41. The number of carbonyl (C=O) groups is 1. The lowest BCUT2D eigenvalue weighted by Crippen LogP contribution is -2.28. The van der Waals surface area contributed by atoms with Crippen LogP contribution in [0.15, 0.2) is 48.5 Å². The molecular formula is C17H18O3. The molecule has 1 N–H and O–H groups in total. The Kier molecular flexibility index (Phi) is 3.79. The maximum absolute atomic E-state index is 11.2. The van der Waals surface area contributed by atoms with E-state index in [4.69, 9.17) is 4.74 Å². The maximum Gasteiger partial charge on any atom is 0.313 e. The molecule has 3 nitrogen and oxygen atoms in total. The summed E-state index contributed by atoms with van der Waals surface area (Å²) in [7, 11) is 1.64. The van der Waals surface area contributed by atoms with Crippen molar-refractivity contribution in [3.05, 3.63) is 54.1 Å². The molecule has 20 heavy (non-hydrogen) atoms. The van der Waals surface area contributed by atoms with Gasteiger partial charge in [-0.3, -0.25) is 4.79 Å². The summed E-state index contributed by atoms with van der Waals surface area (Å²) >= 11 is 0. The molecule has 0 bridgehead atoms. The first-order valence-electron chi connectivity index (χ1n) is 6.43. The quantitative estimate of drug-likeness (QED) is 0.921. The molecule has 2 aromatic rings. The van der Waals surface area contributed by atoms with Crippen LogP contribution in [-0.4, -0.2) is 18.2 Å². The molecule has 0 heterocycles. The van der Waals surface area contributed by atoms with E-state index in [0.29, 0.717) is 0 Å². The van der Waals surface area contributed by atoms with Gasteiger partial charge in [-0.15, -0.1) is 0 Å². The third-order valence-corrected chi connectivity index (χ3v) is 3.54. The van der Waals surface area contributed by atoms with Crippen LogP contribution >= 0.6 is 0 Å². The van der Waals surface area contributed by atoms with Crippen LogP contribution in [0, 0.1) is 0 Å². The average molecular weight is 270 g/mol. The Morgan fingerprint density at radius 1 is 1.05 bits per heavy atom. The van der Waals surface area contributed by atoms with Crippen LogP contribution in [-0.2, 0) is 10.2 Å². The highest BCUT2D eigenvalue weighted by atomic mass is 16.5. The fourth-order valence-corrected chi connectivity index (χ4v) is 2.01. The Morgan fingerprint density at radius 3 is 2.25 bits per heavy atom. The second-order valence-electron chi connectivity index (χ2n) is 5.24. The minimum absolute atomic E-state index is 0.789. The van der Waals surface area contributed by atoms with E-state index in [1.807, 2.05) is 48.5 Å². The molecule has 0 amide bonds. The van der Waals surface area contributed by atoms with Gasteiger partial charge in [0.25, 0.3) is 0 Å². The molecular weight excluding hydrogens is 252 g/mol. The number of carboxylic acids is 1.